The molecule has 0 bridgehead atoms. The van der Waals surface area contributed by atoms with Gasteiger partial charge in [0.2, 0.25) is 0 Å². The van der Waals surface area contributed by atoms with Crippen LogP contribution >= 0.6 is 34.8 Å². The van der Waals surface area contributed by atoms with Crippen molar-refractivity contribution in [2.75, 3.05) is 13.1 Å². The van der Waals surface area contributed by atoms with Gasteiger partial charge in [0.05, 0.1) is 16.1 Å². The van der Waals surface area contributed by atoms with Crippen molar-refractivity contribution in [3.05, 3.63) is 63.1 Å². The van der Waals surface area contributed by atoms with Crippen LogP contribution < -0.4 is 10.1 Å². The number of nitrogens with one attached hydrogen (secondary N) is 1. The van der Waals surface area contributed by atoms with Crippen LogP contribution in [0.2, 0.25) is 15.1 Å². The van der Waals surface area contributed by atoms with Gasteiger partial charge in [0, 0.05) is 29.5 Å². The number of benzene rings is 2. The summed E-state index contributed by atoms with van der Waals surface area (Å²) in [4.78, 5) is 0. The maximum absolute atomic E-state index is 6.17. The molecular formula is C19H20Cl3NO. The highest BCUT2D eigenvalue weighted by atomic mass is 35.5. The lowest BCUT2D eigenvalue weighted by molar-refractivity contribution is 0.112. The summed E-state index contributed by atoms with van der Waals surface area (Å²) in [5.74, 6) is 1.57. The van der Waals surface area contributed by atoms with E-state index in [0.29, 0.717) is 21.9 Å². The predicted octanol–water partition coefficient (Wildman–Crippen LogP) is 5.81. The van der Waals surface area contributed by atoms with Gasteiger partial charge in [0.15, 0.2) is 0 Å². The summed E-state index contributed by atoms with van der Waals surface area (Å²) in [5, 5.41) is 5.30. The summed E-state index contributed by atoms with van der Waals surface area (Å²) in [6.45, 7) is 4.08. The Morgan fingerprint density at radius 2 is 1.79 bits per heavy atom. The Kier molecular flexibility index (Phi) is 5.93. The van der Waals surface area contributed by atoms with Crippen LogP contribution in [0, 0.1) is 5.92 Å². The quantitative estimate of drug-likeness (QED) is 0.718. The molecule has 1 saturated heterocycles. The molecule has 2 aromatic rings. The van der Waals surface area contributed by atoms with Gasteiger partial charge in [0.1, 0.15) is 5.75 Å². The topological polar surface area (TPSA) is 21.3 Å². The largest absolute Gasteiger partial charge is 0.490 e. The van der Waals surface area contributed by atoms with Gasteiger partial charge >= 0.3 is 0 Å². The summed E-state index contributed by atoms with van der Waals surface area (Å²) in [6.07, 6.45) is 1.14. The van der Waals surface area contributed by atoms with Crippen molar-refractivity contribution in [2.45, 2.75) is 25.4 Å². The highest BCUT2D eigenvalue weighted by molar-refractivity contribution is 6.42. The van der Waals surface area contributed by atoms with Gasteiger partial charge in [-0.05, 0) is 49.7 Å². The van der Waals surface area contributed by atoms with E-state index in [1.54, 1.807) is 12.1 Å². The molecule has 1 aliphatic rings. The van der Waals surface area contributed by atoms with Gasteiger partial charge in [-0.15, -0.1) is 0 Å². The van der Waals surface area contributed by atoms with Crippen molar-refractivity contribution in [3.63, 3.8) is 0 Å². The lowest BCUT2D eigenvalue weighted by Crippen LogP contribution is -2.41. The summed E-state index contributed by atoms with van der Waals surface area (Å²) in [7, 11) is 0. The Bertz CT molecular complexity index is 690. The highest BCUT2D eigenvalue weighted by Crippen LogP contribution is 2.35. The minimum absolute atomic E-state index is 0.0741. The van der Waals surface area contributed by atoms with Crippen molar-refractivity contribution in [2.24, 2.45) is 5.92 Å². The van der Waals surface area contributed by atoms with Gasteiger partial charge in [-0.3, -0.25) is 0 Å². The molecule has 0 aromatic heterocycles. The van der Waals surface area contributed by atoms with Gasteiger partial charge < -0.3 is 10.1 Å². The average molecular weight is 385 g/mol. The van der Waals surface area contributed by atoms with Gasteiger partial charge in [0.25, 0.3) is 0 Å². The zero-order valence-corrected chi connectivity index (χ0v) is 15.7. The fourth-order valence-electron chi connectivity index (χ4n) is 3.37. The first-order valence-corrected chi connectivity index (χ1v) is 9.26. The lowest BCUT2D eigenvalue weighted by Gasteiger charge is -2.36. The van der Waals surface area contributed by atoms with Crippen LogP contribution in [0.3, 0.4) is 0 Å². The Labute approximate surface area is 158 Å². The second-order valence-corrected chi connectivity index (χ2v) is 7.46. The number of hydrogen-bond acceptors (Lipinski definition) is 2. The second-order valence-electron chi connectivity index (χ2n) is 6.21. The SMILES string of the molecule is CC(Oc1ccc(Cl)c(Cl)c1)C1CCNCC1c1ccc(Cl)cc1. The summed E-state index contributed by atoms with van der Waals surface area (Å²) < 4.78 is 6.17. The van der Waals surface area contributed by atoms with E-state index < -0.39 is 0 Å². The summed E-state index contributed by atoms with van der Waals surface area (Å²) >= 11 is 18.1. The zero-order chi connectivity index (χ0) is 17.1. The third kappa shape index (κ3) is 4.18. The van der Waals surface area contributed by atoms with Crippen molar-refractivity contribution < 1.29 is 4.74 Å². The molecule has 0 spiro atoms. The van der Waals surface area contributed by atoms with Crippen LogP contribution in [0.1, 0.15) is 24.8 Å². The van der Waals surface area contributed by atoms with E-state index in [9.17, 15) is 0 Å². The molecule has 3 rings (SSSR count). The van der Waals surface area contributed by atoms with Gasteiger partial charge in [-0.1, -0.05) is 46.9 Å². The first-order valence-electron chi connectivity index (χ1n) is 8.12. The van der Waals surface area contributed by atoms with Crippen LogP contribution in [0.25, 0.3) is 0 Å². The van der Waals surface area contributed by atoms with E-state index >= 15 is 0 Å². The second kappa shape index (κ2) is 7.97. The molecule has 0 saturated carbocycles. The van der Waals surface area contributed by atoms with Gasteiger partial charge in [-0.2, -0.15) is 0 Å². The molecule has 1 aliphatic heterocycles. The Morgan fingerprint density at radius 3 is 2.50 bits per heavy atom. The maximum atomic E-state index is 6.17. The van der Waals surface area contributed by atoms with Gasteiger partial charge in [-0.25, -0.2) is 0 Å². The lowest BCUT2D eigenvalue weighted by atomic mass is 9.78. The first-order chi connectivity index (χ1) is 11.5. The average Bonchev–Trinajstić information content (AvgIpc) is 2.59. The minimum Gasteiger partial charge on any atom is -0.490 e. The number of halogens is 3. The molecule has 24 heavy (non-hydrogen) atoms. The molecule has 1 fully saturated rings. The molecule has 1 heterocycles. The Morgan fingerprint density at radius 1 is 1.04 bits per heavy atom. The minimum atomic E-state index is 0.0741. The molecule has 2 aromatic carbocycles. The molecule has 0 radical (unpaired) electrons. The normalized spacial score (nSPS) is 22.2. The molecule has 0 amide bonds. The van der Waals surface area contributed by atoms with E-state index in [1.807, 2.05) is 18.2 Å². The number of ether oxygens (including phenoxy) is 1. The molecular weight excluding hydrogens is 365 g/mol. The molecule has 2 nitrogen and oxygen atoms in total. The highest BCUT2D eigenvalue weighted by Gasteiger charge is 2.31. The summed E-state index contributed by atoms with van der Waals surface area (Å²) in [5.41, 5.74) is 1.29. The third-order valence-electron chi connectivity index (χ3n) is 4.65. The van der Waals surface area contributed by atoms with E-state index in [2.05, 4.69) is 24.4 Å². The van der Waals surface area contributed by atoms with E-state index in [4.69, 9.17) is 39.5 Å². The molecule has 1 N–H and O–H groups in total. The van der Waals surface area contributed by atoms with E-state index in [1.165, 1.54) is 5.56 Å². The van der Waals surface area contributed by atoms with Crippen molar-refractivity contribution >= 4 is 34.8 Å². The molecule has 128 valence electrons. The van der Waals surface area contributed by atoms with E-state index in [-0.39, 0.29) is 6.10 Å². The molecule has 5 heteroatoms. The Balaban J connectivity index is 1.76. The van der Waals surface area contributed by atoms with Crippen molar-refractivity contribution in [3.8, 4) is 5.75 Å². The smallest absolute Gasteiger partial charge is 0.121 e. The fourth-order valence-corrected chi connectivity index (χ4v) is 3.78. The fraction of sp³-hybridized carbons (Fsp3) is 0.368. The molecule has 3 atom stereocenters. The zero-order valence-electron chi connectivity index (χ0n) is 13.4. The number of rotatable bonds is 4. The first kappa shape index (κ1) is 17.9. The maximum Gasteiger partial charge on any atom is 0.121 e. The van der Waals surface area contributed by atoms with Crippen LogP contribution in [-0.4, -0.2) is 19.2 Å². The predicted molar refractivity (Wildman–Crippen MR) is 102 cm³/mol. The number of piperidine rings is 1. The summed E-state index contributed by atoms with van der Waals surface area (Å²) in [6, 6.07) is 13.5. The van der Waals surface area contributed by atoms with Crippen molar-refractivity contribution in [1.29, 1.82) is 0 Å². The number of hydrogen-bond donors (Lipinski definition) is 1. The molecule has 3 unspecified atom stereocenters. The Hall–Kier alpha value is -0.930. The van der Waals surface area contributed by atoms with Crippen LogP contribution in [0.15, 0.2) is 42.5 Å². The molecule has 0 aliphatic carbocycles. The van der Waals surface area contributed by atoms with Crippen LogP contribution in [0.4, 0.5) is 0 Å². The van der Waals surface area contributed by atoms with Crippen LogP contribution in [-0.2, 0) is 0 Å². The standard InChI is InChI=1S/C19H20Cl3NO/c1-12(24-15-6-7-18(21)19(22)10-15)16-8-9-23-11-17(16)13-2-4-14(20)5-3-13/h2-7,10,12,16-17,23H,8-9,11H2,1H3. The van der Waals surface area contributed by atoms with Crippen LogP contribution in [0.5, 0.6) is 5.75 Å². The monoisotopic (exact) mass is 383 g/mol. The third-order valence-corrected chi connectivity index (χ3v) is 5.64. The van der Waals surface area contributed by atoms with E-state index in [0.717, 1.165) is 30.3 Å². The van der Waals surface area contributed by atoms with Crippen molar-refractivity contribution in [1.82, 2.24) is 5.32 Å².